The topological polar surface area (TPSA) is 66.8 Å². The van der Waals surface area contributed by atoms with Crippen molar-refractivity contribution in [1.29, 1.82) is 0 Å². The van der Waals surface area contributed by atoms with Crippen molar-refractivity contribution in [2.45, 2.75) is 51.7 Å². The molecule has 0 bridgehead atoms. The van der Waals surface area contributed by atoms with Gasteiger partial charge in [-0.05, 0) is 40.5 Å². The Morgan fingerprint density at radius 2 is 1.69 bits per heavy atom. The zero-order valence-electron chi connectivity index (χ0n) is 8.63. The highest BCUT2D eigenvalue weighted by Gasteiger charge is 2.25. The second kappa shape index (κ2) is 3.96. The monoisotopic (exact) mass is 190 g/mol. The highest BCUT2D eigenvalue weighted by molar-refractivity contribution is 5.57. The molecule has 0 fully saturated rings. The third-order valence-electron chi connectivity index (χ3n) is 1.70. The quantitative estimate of drug-likeness (QED) is 0.665. The molecule has 0 unspecified atom stereocenters. The van der Waals surface area contributed by atoms with E-state index >= 15 is 0 Å². The highest BCUT2D eigenvalue weighted by Crippen LogP contribution is 2.21. The molecule has 13 heavy (non-hydrogen) atoms. The Labute approximate surface area is 78.5 Å². The predicted molar refractivity (Wildman–Crippen MR) is 48.7 cm³/mol. The summed E-state index contributed by atoms with van der Waals surface area (Å²) in [6.07, 6.45) is -0.267. The maximum Gasteiger partial charge on any atom is 0.506 e. The van der Waals surface area contributed by atoms with Gasteiger partial charge < -0.3 is 14.9 Å². The molecule has 0 rings (SSSR count). The molecular weight excluding hydrogens is 172 g/mol. The van der Waals surface area contributed by atoms with Crippen molar-refractivity contribution >= 4 is 6.16 Å². The van der Waals surface area contributed by atoms with Gasteiger partial charge in [0.1, 0.15) is 5.60 Å². The summed E-state index contributed by atoms with van der Waals surface area (Å²) in [6.45, 7) is 6.74. The first-order valence-electron chi connectivity index (χ1n) is 4.27. The standard InChI is InChI=1S/C9H18O4/c1-8(2,12)5-6-9(3,4)13-7(10)11/h12H,5-6H2,1-4H3,(H,10,11). The van der Waals surface area contributed by atoms with Gasteiger partial charge in [-0.3, -0.25) is 0 Å². The van der Waals surface area contributed by atoms with Crippen molar-refractivity contribution in [3.63, 3.8) is 0 Å². The highest BCUT2D eigenvalue weighted by atomic mass is 16.7. The SMILES string of the molecule is CC(C)(O)CCC(C)(C)OC(=O)O. The van der Waals surface area contributed by atoms with Crippen molar-refractivity contribution < 1.29 is 19.7 Å². The summed E-state index contributed by atoms with van der Waals surface area (Å²) in [5.41, 5.74) is -1.51. The van der Waals surface area contributed by atoms with Gasteiger partial charge in [0, 0.05) is 0 Å². The van der Waals surface area contributed by atoms with E-state index < -0.39 is 17.4 Å². The van der Waals surface area contributed by atoms with E-state index in [0.29, 0.717) is 12.8 Å². The Balaban J connectivity index is 3.96. The number of rotatable bonds is 4. The molecule has 0 saturated heterocycles. The zero-order chi connectivity index (χ0) is 10.7. The molecule has 2 N–H and O–H groups in total. The van der Waals surface area contributed by atoms with E-state index in [1.807, 2.05) is 0 Å². The van der Waals surface area contributed by atoms with Crippen LogP contribution in [0, 0.1) is 0 Å². The Bertz CT molecular complexity index is 179. The summed E-state index contributed by atoms with van der Waals surface area (Å²) in [5.74, 6) is 0. The lowest BCUT2D eigenvalue weighted by Crippen LogP contribution is -2.31. The molecule has 0 aromatic heterocycles. The molecule has 0 atom stereocenters. The number of hydrogen-bond donors (Lipinski definition) is 2. The number of carbonyl (C=O) groups is 1. The first-order chi connectivity index (χ1) is 5.62. The second-order valence-corrected chi connectivity index (χ2v) is 4.44. The molecule has 0 spiro atoms. The van der Waals surface area contributed by atoms with Gasteiger partial charge in [-0.25, -0.2) is 4.79 Å². The van der Waals surface area contributed by atoms with E-state index in [-0.39, 0.29) is 0 Å². The van der Waals surface area contributed by atoms with Gasteiger partial charge in [0.05, 0.1) is 5.60 Å². The van der Waals surface area contributed by atoms with E-state index in [4.69, 9.17) is 5.11 Å². The number of carboxylic acid groups (broad SMARTS) is 1. The molecular formula is C9H18O4. The molecule has 0 amide bonds. The largest absolute Gasteiger partial charge is 0.506 e. The van der Waals surface area contributed by atoms with Gasteiger partial charge in [-0.15, -0.1) is 0 Å². The van der Waals surface area contributed by atoms with Crippen LogP contribution in [0.4, 0.5) is 4.79 Å². The molecule has 78 valence electrons. The zero-order valence-corrected chi connectivity index (χ0v) is 8.63. The molecule has 0 aliphatic carbocycles. The third-order valence-corrected chi connectivity index (χ3v) is 1.70. The van der Waals surface area contributed by atoms with Crippen molar-refractivity contribution in [1.82, 2.24) is 0 Å². The fourth-order valence-electron chi connectivity index (χ4n) is 0.894. The van der Waals surface area contributed by atoms with Gasteiger partial charge in [0.2, 0.25) is 0 Å². The average Bonchev–Trinajstić information content (AvgIpc) is 1.79. The summed E-state index contributed by atoms with van der Waals surface area (Å²) in [5, 5.41) is 17.8. The Morgan fingerprint density at radius 3 is 2.00 bits per heavy atom. The smallest absolute Gasteiger partial charge is 0.450 e. The van der Waals surface area contributed by atoms with Gasteiger partial charge in [0.15, 0.2) is 0 Å². The van der Waals surface area contributed by atoms with E-state index in [1.54, 1.807) is 27.7 Å². The number of ether oxygens (including phenoxy) is 1. The molecule has 0 saturated carbocycles. The molecule has 0 heterocycles. The molecule has 0 aromatic carbocycles. The van der Waals surface area contributed by atoms with Crippen LogP contribution in [-0.2, 0) is 4.74 Å². The first kappa shape index (κ1) is 12.2. The van der Waals surface area contributed by atoms with Gasteiger partial charge >= 0.3 is 6.16 Å². The number of aliphatic hydroxyl groups is 1. The van der Waals surface area contributed by atoms with Crippen LogP contribution >= 0.6 is 0 Å². The molecule has 4 heteroatoms. The van der Waals surface area contributed by atoms with Crippen molar-refractivity contribution in [3.8, 4) is 0 Å². The summed E-state index contributed by atoms with van der Waals surface area (Å²) in [7, 11) is 0. The van der Waals surface area contributed by atoms with Crippen LogP contribution in [-0.4, -0.2) is 27.6 Å². The maximum absolute atomic E-state index is 10.3. The molecule has 0 radical (unpaired) electrons. The Hall–Kier alpha value is -0.770. The van der Waals surface area contributed by atoms with Crippen LogP contribution in [0.1, 0.15) is 40.5 Å². The van der Waals surface area contributed by atoms with Crippen LogP contribution in [0.15, 0.2) is 0 Å². The average molecular weight is 190 g/mol. The van der Waals surface area contributed by atoms with Crippen LogP contribution in [0.3, 0.4) is 0 Å². The van der Waals surface area contributed by atoms with Crippen LogP contribution in [0.5, 0.6) is 0 Å². The molecule has 0 aliphatic rings. The van der Waals surface area contributed by atoms with E-state index in [9.17, 15) is 9.90 Å². The minimum atomic E-state index is -1.28. The summed E-state index contributed by atoms with van der Waals surface area (Å²) in [4.78, 5) is 10.3. The van der Waals surface area contributed by atoms with Crippen molar-refractivity contribution in [2.75, 3.05) is 0 Å². The lowest BCUT2D eigenvalue weighted by Gasteiger charge is -2.26. The Morgan fingerprint density at radius 1 is 1.23 bits per heavy atom. The summed E-state index contributed by atoms with van der Waals surface area (Å²) < 4.78 is 4.64. The first-order valence-corrected chi connectivity index (χ1v) is 4.27. The third kappa shape index (κ3) is 7.59. The molecule has 4 nitrogen and oxygen atoms in total. The molecule has 0 aliphatic heterocycles. The van der Waals surface area contributed by atoms with Crippen LogP contribution < -0.4 is 0 Å². The van der Waals surface area contributed by atoms with Crippen molar-refractivity contribution in [2.24, 2.45) is 0 Å². The fourth-order valence-corrected chi connectivity index (χ4v) is 0.894. The van der Waals surface area contributed by atoms with Gasteiger partial charge in [-0.2, -0.15) is 0 Å². The minimum Gasteiger partial charge on any atom is -0.450 e. The normalized spacial score (nSPS) is 12.7. The lowest BCUT2D eigenvalue weighted by atomic mass is 9.94. The summed E-state index contributed by atoms with van der Waals surface area (Å²) >= 11 is 0. The van der Waals surface area contributed by atoms with E-state index in [0.717, 1.165) is 0 Å². The maximum atomic E-state index is 10.3. The van der Waals surface area contributed by atoms with Gasteiger partial charge in [0.25, 0.3) is 0 Å². The fraction of sp³-hybridized carbons (Fsp3) is 0.889. The predicted octanol–water partition coefficient (Wildman–Crippen LogP) is 2.01. The van der Waals surface area contributed by atoms with E-state index in [2.05, 4.69) is 4.74 Å². The van der Waals surface area contributed by atoms with Crippen LogP contribution in [0.2, 0.25) is 0 Å². The second-order valence-electron chi connectivity index (χ2n) is 4.44. The molecule has 0 aromatic rings. The van der Waals surface area contributed by atoms with Crippen molar-refractivity contribution in [3.05, 3.63) is 0 Å². The van der Waals surface area contributed by atoms with Crippen LogP contribution in [0.25, 0.3) is 0 Å². The van der Waals surface area contributed by atoms with Gasteiger partial charge in [-0.1, -0.05) is 0 Å². The lowest BCUT2D eigenvalue weighted by molar-refractivity contribution is -0.0202. The summed E-state index contributed by atoms with van der Waals surface area (Å²) in [6, 6.07) is 0. The number of hydrogen-bond acceptors (Lipinski definition) is 3. The van der Waals surface area contributed by atoms with E-state index in [1.165, 1.54) is 0 Å². The minimum absolute atomic E-state index is 0.503. The Kier molecular flexibility index (Phi) is 3.72.